The average molecular weight is 364 g/mol. The molecule has 4 rings (SSSR count). The number of rotatable bonds is 5. The fourth-order valence-corrected chi connectivity index (χ4v) is 3.00. The van der Waals surface area contributed by atoms with Gasteiger partial charge in [-0.15, -0.1) is 0 Å². The Balaban J connectivity index is 1.29. The second-order valence-electron chi connectivity index (χ2n) is 6.79. The number of hydrogen-bond acceptors (Lipinski definition) is 7. The van der Waals surface area contributed by atoms with Crippen LogP contribution in [0.25, 0.3) is 11.5 Å². The lowest BCUT2D eigenvalue weighted by Crippen LogP contribution is -2.48. The van der Waals surface area contributed by atoms with Gasteiger partial charge in [-0.05, 0) is 37.1 Å². The number of amides is 1. The molecular formula is C19H20N6O2. The van der Waals surface area contributed by atoms with Gasteiger partial charge in [0.25, 0.3) is 0 Å². The summed E-state index contributed by atoms with van der Waals surface area (Å²) in [5.41, 5.74) is 3.77. The Morgan fingerprint density at radius 2 is 2.11 bits per heavy atom. The summed E-state index contributed by atoms with van der Waals surface area (Å²) in [5, 5.41) is 6.90. The number of anilines is 1. The van der Waals surface area contributed by atoms with Crippen molar-refractivity contribution in [2.24, 2.45) is 0 Å². The van der Waals surface area contributed by atoms with Gasteiger partial charge < -0.3 is 9.84 Å². The van der Waals surface area contributed by atoms with Gasteiger partial charge in [-0.2, -0.15) is 4.98 Å². The van der Waals surface area contributed by atoms with E-state index in [1.165, 1.54) is 5.56 Å². The van der Waals surface area contributed by atoms with E-state index in [9.17, 15) is 4.79 Å². The van der Waals surface area contributed by atoms with Gasteiger partial charge in [0.1, 0.15) is 5.69 Å². The highest BCUT2D eigenvalue weighted by Gasteiger charge is 2.33. The van der Waals surface area contributed by atoms with Crippen molar-refractivity contribution < 1.29 is 9.32 Å². The first kappa shape index (κ1) is 17.3. The summed E-state index contributed by atoms with van der Waals surface area (Å²) >= 11 is 0. The molecule has 1 N–H and O–H groups in total. The first-order valence-corrected chi connectivity index (χ1v) is 8.78. The molecule has 1 aliphatic heterocycles. The topological polar surface area (TPSA) is 97.0 Å². The van der Waals surface area contributed by atoms with Gasteiger partial charge >= 0.3 is 0 Å². The molecule has 0 atom stereocenters. The van der Waals surface area contributed by atoms with Gasteiger partial charge in [0, 0.05) is 31.2 Å². The molecule has 0 saturated carbocycles. The number of benzene rings is 1. The number of aryl methyl sites for hydroxylation is 2. The lowest BCUT2D eigenvalue weighted by molar-refractivity contribution is -0.118. The normalized spacial score (nSPS) is 14.7. The predicted molar refractivity (Wildman–Crippen MR) is 99.1 cm³/mol. The molecule has 0 aliphatic carbocycles. The Morgan fingerprint density at radius 1 is 1.26 bits per heavy atom. The van der Waals surface area contributed by atoms with E-state index in [4.69, 9.17) is 4.52 Å². The maximum atomic E-state index is 12.2. The molecule has 1 aliphatic rings. The third-order valence-electron chi connectivity index (χ3n) is 4.70. The van der Waals surface area contributed by atoms with E-state index in [1.54, 1.807) is 18.6 Å². The second kappa shape index (κ2) is 7.24. The molecule has 0 radical (unpaired) electrons. The van der Waals surface area contributed by atoms with Crippen LogP contribution in [0, 0.1) is 13.8 Å². The number of nitrogens with one attached hydrogen (secondary N) is 1. The van der Waals surface area contributed by atoms with Crippen molar-refractivity contribution in [1.29, 1.82) is 0 Å². The number of likely N-dealkylation sites (tertiary alicyclic amines) is 1. The highest BCUT2D eigenvalue weighted by molar-refractivity contribution is 5.92. The zero-order valence-electron chi connectivity index (χ0n) is 15.2. The number of nitrogens with zero attached hydrogens (tertiary/aromatic N) is 5. The van der Waals surface area contributed by atoms with Gasteiger partial charge in [0.2, 0.25) is 17.6 Å². The third kappa shape index (κ3) is 3.85. The number of aromatic nitrogens is 4. The minimum absolute atomic E-state index is 0.0255. The number of hydrogen-bond donors (Lipinski definition) is 1. The van der Waals surface area contributed by atoms with Gasteiger partial charge in [-0.3, -0.25) is 14.7 Å². The van der Waals surface area contributed by atoms with E-state index in [-0.39, 0.29) is 11.8 Å². The lowest BCUT2D eigenvalue weighted by Gasteiger charge is -2.36. The molecule has 1 amide bonds. The summed E-state index contributed by atoms with van der Waals surface area (Å²) in [6, 6.07) is 5.92. The Morgan fingerprint density at radius 3 is 2.85 bits per heavy atom. The minimum Gasteiger partial charge on any atom is -0.339 e. The van der Waals surface area contributed by atoms with Crippen LogP contribution in [0.4, 0.5) is 5.69 Å². The van der Waals surface area contributed by atoms with Crippen molar-refractivity contribution in [2.45, 2.75) is 19.8 Å². The molecule has 1 aromatic carbocycles. The zero-order valence-corrected chi connectivity index (χ0v) is 15.2. The van der Waals surface area contributed by atoms with Gasteiger partial charge in [-0.25, -0.2) is 4.98 Å². The third-order valence-corrected chi connectivity index (χ3v) is 4.70. The summed E-state index contributed by atoms with van der Waals surface area (Å²) in [6.45, 7) is 5.85. The van der Waals surface area contributed by atoms with E-state index in [0.29, 0.717) is 37.0 Å². The van der Waals surface area contributed by atoms with Crippen LogP contribution in [0.3, 0.4) is 0 Å². The van der Waals surface area contributed by atoms with Crippen LogP contribution in [-0.2, 0) is 4.79 Å². The zero-order chi connectivity index (χ0) is 18.8. The van der Waals surface area contributed by atoms with Crippen molar-refractivity contribution in [2.75, 3.05) is 25.0 Å². The van der Waals surface area contributed by atoms with Crippen LogP contribution in [0.1, 0.15) is 22.9 Å². The van der Waals surface area contributed by atoms with E-state index < -0.39 is 0 Å². The Bertz CT molecular complexity index is 950. The SMILES string of the molecule is Cc1ccc(NC(=O)CN2CC(c3nc(-c4cnccn4)no3)C2)cc1C. The highest BCUT2D eigenvalue weighted by atomic mass is 16.5. The van der Waals surface area contributed by atoms with E-state index in [2.05, 4.69) is 32.3 Å². The minimum atomic E-state index is -0.0255. The Kier molecular flexibility index (Phi) is 4.64. The predicted octanol–water partition coefficient (Wildman–Crippen LogP) is 2.18. The van der Waals surface area contributed by atoms with Crippen LogP contribution in [0.15, 0.2) is 41.3 Å². The largest absolute Gasteiger partial charge is 0.339 e. The fourth-order valence-electron chi connectivity index (χ4n) is 3.00. The van der Waals surface area contributed by atoms with Crippen LogP contribution >= 0.6 is 0 Å². The standard InChI is InChI=1S/C19H20N6O2/c1-12-3-4-15(7-13(12)2)22-17(26)11-25-9-14(10-25)19-23-18(24-27-19)16-8-20-5-6-21-16/h3-8,14H,9-11H2,1-2H3,(H,22,26). The molecule has 3 aromatic rings. The Labute approximate surface area is 156 Å². The smallest absolute Gasteiger partial charge is 0.238 e. The number of carbonyl (C=O) groups is 1. The second-order valence-corrected chi connectivity index (χ2v) is 6.79. The molecule has 0 spiro atoms. The van der Waals surface area contributed by atoms with Crippen molar-refractivity contribution in [3.05, 3.63) is 53.8 Å². The van der Waals surface area contributed by atoms with E-state index in [1.807, 2.05) is 30.0 Å². The summed E-state index contributed by atoms with van der Waals surface area (Å²) in [5.74, 6) is 1.12. The number of carbonyl (C=O) groups excluding carboxylic acids is 1. The lowest BCUT2D eigenvalue weighted by atomic mass is 10.0. The molecular weight excluding hydrogens is 344 g/mol. The average Bonchev–Trinajstić information content (AvgIpc) is 3.11. The molecule has 2 aromatic heterocycles. The maximum absolute atomic E-state index is 12.2. The van der Waals surface area contributed by atoms with Crippen molar-refractivity contribution in [3.8, 4) is 11.5 Å². The molecule has 1 saturated heterocycles. The molecule has 0 bridgehead atoms. The quantitative estimate of drug-likeness (QED) is 0.741. The van der Waals surface area contributed by atoms with Crippen LogP contribution < -0.4 is 5.32 Å². The summed E-state index contributed by atoms with van der Waals surface area (Å²) in [6.07, 6.45) is 4.78. The van der Waals surface area contributed by atoms with E-state index >= 15 is 0 Å². The molecule has 0 unspecified atom stereocenters. The summed E-state index contributed by atoms with van der Waals surface area (Å²) in [7, 11) is 0. The molecule has 8 nitrogen and oxygen atoms in total. The Hall–Kier alpha value is -3.13. The van der Waals surface area contributed by atoms with Crippen LogP contribution in [0.5, 0.6) is 0 Å². The molecule has 8 heteroatoms. The van der Waals surface area contributed by atoms with E-state index in [0.717, 1.165) is 11.3 Å². The first-order chi connectivity index (χ1) is 13.1. The van der Waals surface area contributed by atoms with Crippen molar-refractivity contribution in [1.82, 2.24) is 25.0 Å². The summed E-state index contributed by atoms with van der Waals surface area (Å²) in [4.78, 5) is 26.8. The summed E-state index contributed by atoms with van der Waals surface area (Å²) < 4.78 is 5.34. The monoisotopic (exact) mass is 364 g/mol. The molecule has 3 heterocycles. The fraction of sp³-hybridized carbons (Fsp3) is 0.316. The van der Waals surface area contributed by atoms with Gasteiger partial charge in [0.05, 0.1) is 18.7 Å². The van der Waals surface area contributed by atoms with Crippen LogP contribution in [0.2, 0.25) is 0 Å². The molecule has 1 fully saturated rings. The van der Waals surface area contributed by atoms with Crippen molar-refractivity contribution in [3.63, 3.8) is 0 Å². The molecule has 138 valence electrons. The molecule has 27 heavy (non-hydrogen) atoms. The van der Waals surface area contributed by atoms with Gasteiger partial charge in [0.15, 0.2) is 0 Å². The highest BCUT2D eigenvalue weighted by Crippen LogP contribution is 2.27. The van der Waals surface area contributed by atoms with Crippen LogP contribution in [-0.4, -0.2) is 50.5 Å². The van der Waals surface area contributed by atoms with Gasteiger partial charge in [-0.1, -0.05) is 11.2 Å². The first-order valence-electron chi connectivity index (χ1n) is 8.78. The van der Waals surface area contributed by atoms with Crippen molar-refractivity contribution >= 4 is 11.6 Å². The maximum Gasteiger partial charge on any atom is 0.238 e.